The lowest BCUT2D eigenvalue weighted by atomic mass is 10.1. The molecule has 0 radical (unpaired) electrons. The molecule has 1 aliphatic heterocycles. The Morgan fingerprint density at radius 3 is 2.80 bits per heavy atom. The zero-order chi connectivity index (χ0) is 15.0. The van der Waals surface area contributed by atoms with Crippen LogP contribution in [-0.4, -0.2) is 56.8 Å². The molecule has 0 spiro atoms. The van der Waals surface area contributed by atoms with E-state index in [2.05, 4.69) is 18.6 Å². The van der Waals surface area contributed by atoms with E-state index in [1.807, 2.05) is 0 Å². The molecule has 0 amide bonds. The normalized spacial score (nSPS) is 21.5. The van der Waals surface area contributed by atoms with Crippen molar-refractivity contribution in [3.8, 4) is 0 Å². The molecule has 1 unspecified atom stereocenters. The number of nitrogens with zero attached hydrogens (tertiary/aromatic N) is 1. The SMILES string of the molecule is CC(C)COCCCNS(=O)(=O)N1CCCCC1CO. The van der Waals surface area contributed by atoms with Crippen molar-refractivity contribution < 1.29 is 18.3 Å². The van der Waals surface area contributed by atoms with E-state index in [-0.39, 0.29) is 12.6 Å². The van der Waals surface area contributed by atoms with Gasteiger partial charge in [0.05, 0.1) is 6.61 Å². The fraction of sp³-hybridized carbons (Fsp3) is 1.00. The molecule has 20 heavy (non-hydrogen) atoms. The highest BCUT2D eigenvalue weighted by Gasteiger charge is 2.31. The fourth-order valence-corrected chi connectivity index (χ4v) is 3.75. The Morgan fingerprint density at radius 1 is 1.40 bits per heavy atom. The van der Waals surface area contributed by atoms with Crippen LogP contribution in [0.25, 0.3) is 0 Å². The molecule has 1 atom stereocenters. The van der Waals surface area contributed by atoms with E-state index in [1.165, 1.54) is 4.31 Å². The van der Waals surface area contributed by atoms with Crippen LogP contribution in [0.1, 0.15) is 39.5 Å². The highest BCUT2D eigenvalue weighted by atomic mass is 32.2. The van der Waals surface area contributed by atoms with Gasteiger partial charge in [0.15, 0.2) is 0 Å². The minimum Gasteiger partial charge on any atom is -0.395 e. The van der Waals surface area contributed by atoms with Crippen molar-refractivity contribution in [2.24, 2.45) is 5.92 Å². The first kappa shape index (κ1) is 17.8. The molecule has 0 aromatic rings. The van der Waals surface area contributed by atoms with Crippen molar-refractivity contribution in [1.82, 2.24) is 9.03 Å². The molecule has 1 fully saturated rings. The number of aliphatic hydroxyl groups excluding tert-OH is 1. The second-order valence-electron chi connectivity index (χ2n) is 5.66. The third-order valence-corrected chi connectivity index (χ3v) is 4.96. The summed E-state index contributed by atoms with van der Waals surface area (Å²) in [5.74, 6) is 0.491. The van der Waals surface area contributed by atoms with Gasteiger partial charge in [0.1, 0.15) is 0 Å². The molecule has 0 bridgehead atoms. The molecule has 0 aromatic heterocycles. The van der Waals surface area contributed by atoms with Crippen LogP contribution in [0.4, 0.5) is 0 Å². The second kappa shape index (κ2) is 8.94. The first-order chi connectivity index (χ1) is 9.47. The van der Waals surface area contributed by atoms with E-state index in [0.717, 1.165) is 19.3 Å². The number of nitrogens with one attached hydrogen (secondary N) is 1. The van der Waals surface area contributed by atoms with Gasteiger partial charge in [-0.05, 0) is 25.2 Å². The lowest BCUT2D eigenvalue weighted by Crippen LogP contribution is -2.50. The van der Waals surface area contributed by atoms with Crippen molar-refractivity contribution >= 4 is 10.2 Å². The van der Waals surface area contributed by atoms with Crippen molar-refractivity contribution in [2.45, 2.75) is 45.6 Å². The molecule has 0 aromatic carbocycles. The van der Waals surface area contributed by atoms with Gasteiger partial charge in [0.2, 0.25) is 0 Å². The summed E-state index contributed by atoms with van der Waals surface area (Å²) in [4.78, 5) is 0. The molecule has 0 aliphatic carbocycles. The Morgan fingerprint density at radius 2 is 2.15 bits per heavy atom. The highest BCUT2D eigenvalue weighted by Crippen LogP contribution is 2.19. The predicted molar refractivity (Wildman–Crippen MR) is 78.6 cm³/mol. The summed E-state index contributed by atoms with van der Waals surface area (Å²) < 4.78 is 33.7. The van der Waals surface area contributed by atoms with Gasteiger partial charge < -0.3 is 9.84 Å². The maximum atomic E-state index is 12.2. The quantitative estimate of drug-likeness (QED) is 0.616. The average Bonchev–Trinajstić information content (AvgIpc) is 2.42. The number of hydrogen-bond donors (Lipinski definition) is 2. The molecular weight excluding hydrogens is 280 g/mol. The molecule has 1 saturated heterocycles. The number of aliphatic hydroxyl groups is 1. The summed E-state index contributed by atoms with van der Waals surface area (Å²) in [5, 5.41) is 9.26. The molecular formula is C13H28N2O4S. The summed E-state index contributed by atoms with van der Waals surface area (Å²) >= 11 is 0. The van der Waals surface area contributed by atoms with Crippen LogP contribution < -0.4 is 4.72 Å². The Kier molecular flexibility index (Phi) is 7.98. The summed E-state index contributed by atoms with van der Waals surface area (Å²) in [7, 11) is -3.48. The van der Waals surface area contributed by atoms with E-state index in [9.17, 15) is 13.5 Å². The van der Waals surface area contributed by atoms with Crippen LogP contribution in [0.2, 0.25) is 0 Å². The lowest BCUT2D eigenvalue weighted by molar-refractivity contribution is 0.108. The standard InChI is InChI=1S/C13H28N2O4S/c1-12(2)11-19-9-5-7-14-20(17,18)15-8-4-3-6-13(15)10-16/h12-14,16H,3-11H2,1-2H3. The summed E-state index contributed by atoms with van der Waals surface area (Å²) in [6, 6.07) is -0.279. The largest absolute Gasteiger partial charge is 0.395 e. The molecule has 1 rings (SSSR count). The molecule has 120 valence electrons. The van der Waals surface area contributed by atoms with Crippen LogP contribution >= 0.6 is 0 Å². The Hall–Kier alpha value is -0.210. The topological polar surface area (TPSA) is 78.9 Å². The first-order valence-corrected chi connectivity index (χ1v) is 8.86. The van der Waals surface area contributed by atoms with Crippen molar-refractivity contribution in [2.75, 3.05) is 32.9 Å². The van der Waals surface area contributed by atoms with Crippen molar-refractivity contribution in [3.05, 3.63) is 0 Å². The van der Waals surface area contributed by atoms with Crippen LogP contribution in [0, 0.1) is 5.92 Å². The van der Waals surface area contributed by atoms with Gasteiger partial charge in [0.25, 0.3) is 10.2 Å². The molecule has 1 aliphatic rings. The molecule has 7 heteroatoms. The van der Waals surface area contributed by atoms with E-state index >= 15 is 0 Å². The fourth-order valence-electron chi connectivity index (χ4n) is 2.25. The Balaban J connectivity index is 2.30. The van der Waals surface area contributed by atoms with Gasteiger partial charge in [-0.25, -0.2) is 4.72 Å². The van der Waals surface area contributed by atoms with Crippen molar-refractivity contribution in [3.63, 3.8) is 0 Å². The zero-order valence-corrected chi connectivity index (χ0v) is 13.4. The maximum Gasteiger partial charge on any atom is 0.279 e. The van der Waals surface area contributed by atoms with E-state index < -0.39 is 10.2 Å². The Bertz CT molecular complexity index is 359. The third kappa shape index (κ3) is 6.05. The van der Waals surface area contributed by atoms with Crippen molar-refractivity contribution in [1.29, 1.82) is 0 Å². The number of piperidine rings is 1. The first-order valence-electron chi connectivity index (χ1n) is 7.42. The monoisotopic (exact) mass is 308 g/mol. The highest BCUT2D eigenvalue weighted by molar-refractivity contribution is 7.87. The maximum absolute atomic E-state index is 12.2. The van der Waals surface area contributed by atoms with Gasteiger partial charge in [-0.2, -0.15) is 12.7 Å². The zero-order valence-electron chi connectivity index (χ0n) is 12.5. The minimum absolute atomic E-state index is 0.113. The Labute approximate surface area is 122 Å². The van der Waals surface area contributed by atoms with Gasteiger partial charge in [-0.15, -0.1) is 0 Å². The molecule has 6 nitrogen and oxygen atoms in total. The third-order valence-electron chi connectivity index (χ3n) is 3.29. The van der Waals surface area contributed by atoms with E-state index in [4.69, 9.17) is 4.74 Å². The lowest BCUT2D eigenvalue weighted by Gasteiger charge is -2.33. The van der Waals surface area contributed by atoms with Gasteiger partial charge >= 0.3 is 0 Å². The van der Waals surface area contributed by atoms with E-state index in [1.54, 1.807) is 0 Å². The van der Waals surface area contributed by atoms with Gasteiger partial charge in [0, 0.05) is 32.3 Å². The second-order valence-corrected chi connectivity index (χ2v) is 7.37. The smallest absolute Gasteiger partial charge is 0.279 e. The van der Waals surface area contributed by atoms with Crippen LogP contribution in [0.15, 0.2) is 0 Å². The molecule has 0 saturated carbocycles. The van der Waals surface area contributed by atoms with Crippen LogP contribution in [0.3, 0.4) is 0 Å². The number of hydrogen-bond acceptors (Lipinski definition) is 4. The average molecular weight is 308 g/mol. The van der Waals surface area contributed by atoms with Gasteiger partial charge in [-0.3, -0.25) is 0 Å². The summed E-state index contributed by atoms with van der Waals surface area (Å²) in [6.45, 7) is 6.16. The predicted octanol–water partition coefficient (Wildman–Crippen LogP) is 0.730. The molecule has 2 N–H and O–H groups in total. The number of ether oxygens (including phenoxy) is 1. The summed E-state index contributed by atoms with van der Waals surface area (Å²) in [5.41, 5.74) is 0. The van der Waals surface area contributed by atoms with Crippen LogP contribution in [0.5, 0.6) is 0 Å². The minimum atomic E-state index is -3.48. The number of rotatable bonds is 9. The molecule has 1 heterocycles. The van der Waals surface area contributed by atoms with E-state index in [0.29, 0.717) is 38.6 Å². The van der Waals surface area contributed by atoms with Crippen LogP contribution in [-0.2, 0) is 14.9 Å². The van der Waals surface area contributed by atoms with Gasteiger partial charge in [-0.1, -0.05) is 20.3 Å². The summed E-state index contributed by atoms with van der Waals surface area (Å²) in [6.07, 6.45) is 3.22.